The van der Waals surface area contributed by atoms with Gasteiger partial charge >= 0.3 is 0 Å². The first-order chi connectivity index (χ1) is 13.2. The van der Waals surface area contributed by atoms with Crippen molar-refractivity contribution in [1.29, 1.82) is 0 Å². The van der Waals surface area contributed by atoms with Crippen LogP contribution in [0.2, 0.25) is 0 Å². The molecule has 1 unspecified atom stereocenters. The van der Waals surface area contributed by atoms with E-state index in [4.69, 9.17) is 9.47 Å². The predicted octanol–water partition coefficient (Wildman–Crippen LogP) is 2.02. The molecule has 6 heteroatoms. The van der Waals surface area contributed by atoms with Crippen LogP contribution in [0.3, 0.4) is 0 Å². The summed E-state index contributed by atoms with van der Waals surface area (Å²) in [5, 5.41) is 0. The van der Waals surface area contributed by atoms with E-state index in [0.29, 0.717) is 19.8 Å². The summed E-state index contributed by atoms with van der Waals surface area (Å²) in [6.07, 6.45) is 3.74. The number of nitrogens with zero attached hydrogens (tertiary/aromatic N) is 3. The molecule has 1 spiro atoms. The molecule has 3 heterocycles. The molecular weight excluding hydrogens is 342 g/mol. The van der Waals surface area contributed by atoms with Gasteiger partial charge < -0.3 is 14.4 Å². The van der Waals surface area contributed by atoms with Gasteiger partial charge in [0.2, 0.25) is 0 Å². The first-order valence-corrected chi connectivity index (χ1v) is 9.34. The second kappa shape index (κ2) is 7.76. The second-order valence-electron chi connectivity index (χ2n) is 7.35. The SMILES string of the molecule is Cc1cnccc1CN1CCOC2(COCC(=O)N(c3ccccc3)C2)C1. The number of carbonyl (C=O) groups excluding carboxylic acids is 1. The van der Waals surface area contributed by atoms with Crippen LogP contribution in [0.1, 0.15) is 11.1 Å². The zero-order chi connectivity index (χ0) is 18.7. The van der Waals surface area contributed by atoms with Crippen molar-refractivity contribution in [2.75, 3.05) is 44.4 Å². The number of aryl methyl sites for hydroxylation is 1. The molecule has 4 rings (SSSR count). The van der Waals surface area contributed by atoms with E-state index in [-0.39, 0.29) is 12.5 Å². The maximum Gasteiger partial charge on any atom is 0.253 e. The lowest BCUT2D eigenvalue weighted by Crippen LogP contribution is -2.59. The minimum Gasteiger partial charge on any atom is -0.368 e. The van der Waals surface area contributed by atoms with E-state index in [1.54, 1.807) is 4.90 Å². The van der Waals surface area contributed by atoms with E-state index in [9.17, 15) is 4.79 Å². The van der Waals surface area contributed by atoms with E-state index in [0.717, 1.165) is 25.3 Å². The van der Waals surface area contributed by atoms with Crippen LogP contribution in [0.4, 0.5) is 5.69 Å². The van der Waals surface area contributed by atoms with Gasteiger partial charge in [-0.15, -0.1) is 0 Å². The van der Waals surface area contributed by atoms with Crippen molar-refractivity contribution in [1.82, 2.24) is 9.88 Å². The molecule has 1 aromatic carbocycles. The van der Waals surface area contributed by atoms with Crippen molar-refractivity contribution >= 4 is 11.6 Å². The lowest BCUT2D eigenvalue weighted by atomic mass is 10.0. The minimum atomic E-state index is -0.513. The molecule has 0 saturated carbocycles. The summed E-state index contributed by atoms with van der Waals surface area (Å²) in [5.74, 6) is -0.0243. The number of para-hydroxylation sites is 1. The van der Waals surface area contributed by atoms with Crippen LogP contribution < -0.4 is 4.90 Å². The van der Waals surface area contributed by atoms with Crippen molar-refractivity contribution in [3.63, 3.8) is 0 Å². The molecule has 142 valence electrons. The summed E-state index contributed by atoms with van der Waals surface area (Å²) >= 11 is 0. The molecule has 1 amide bonds. The Hall–Kier alpha value is -2.28. The number of hydrogen-bond acceptors (Lipinski definition) is 5. The van der Waals surface area contributed by atoms with E-state index in [2.05, 4.69) is 22.9 Å². The van der Waals surface area contributed by atoms with Crippen LogP contribution in [0.25, 0.3) is 0 Å². The zero-order valence-electron chi connectivity index (χ0n) is 15.6. The van der Waals surface area contributed by atoms with Gasteiger partial charge in [-0.1, -0.05) is 18.2 Å². The number of hydrogen-bond donors (Lipinski definition) is 0. The van der Waals surface area contributed by atoms with Gasteiger partial charge in [0.1, 0.15) is 12.2 Å². The zero-order valence-corrected chi connectivity index (χ0v) is 15.6. The fourth-order valence-electron chi connectivity index (χ4n) is 3.83. The highest BCUT2D eigenvalue weighted by Gasteiger charge is 2.42. The maximum atomic E-state index is 12.6. The van der Waals surface area contributed by atoms with Crippen LogP contribution in [-0.4, -0.2) is 60.8 Å². The maximum absolute atomic E-state index is 12.6. The highest BCUT2D eigenvalue weighted by Crippen LogP contribution is 2.27. The van der Waals surface area contributed by atoms with E-state index >= 15 is 0 Å². The number of pyridine rings is 1. The number of benzene rings is 1. The highest BCUT2D eigenvalue weighted by molar-refractivity contribution is 5.94. The molecule has 2 saturated heterocycles. The van der Waals surface area contributed by atoms with Crippen molar-refractivity contribution in [2.24, 2.45) is 0 Å². The molecule has 0 aliphatic carbocycles. The summed E-state index contributed by atoms with van der Waals surface area (Å²) < 4.78 is 11.9. The van der Waals surface area contributed by atoms with E-state index < -0.39 is 5.60 Å². The summed E-state index contributed by atoms with van der Waals surface area (Å²) in [5.41, 5.74) is 2.84. The van der Waals surface area contributed by atoms with Crippen LogP contribution in [0.5, 0.6) is 0 Å². The van der Waals surface area contributed by atoms with Gasteiger partial charge in [0.25, 0.3) is 5.91 Å². The third kappa shape index (κ3) is 4.03. The van der Waals surface area contributed by atoms with Gasteiger partial charge in [0.15, 0.2) is 0 Å². The lowest BCUT2D eigenvalue weighted by Gasteiger charge is -2.43. The first kappa shape index (κ1) is 18.1. The van der Waals surface area contributed by atoms with Gasteiger partial charge in [-0.05, 0) is 36.2 Å². The van der Waals surface area contributed by atoms with Gasteiger partial charge in [0.05, 0.1) is 19.8 Å². The standard InChI is InChI=1S/C21H25N3O3/c1-17-11-22-8-7-18(17)12-23-9-10-27-21(14-23)15-24(20(25)13-26-16-21)19-5-3-2-4-6-19/h2-8,11H,9-10,12-16H2,1H3. The fourth-order valence-corrected chi connectivity index (χ4v) is 3.83. The van der Waals surface area contributed by atoms with Crippen LogP contribution in [0.15, 0.2) is 48.8 Å². The van der Waals surface area contributed by atoms with Crippen molar-refractivity contribution in [3.05, 3.63) is 59.9 Å². The highest BCUT2D eigenvalue weighted by atomic mass is 16.5. The molecule has 2 aromatic rings. The fraction of sp³-hybridized carbons (Fsp3) is 0.429. The molecule has 2 aliphatic rings. The number of amides is 1. The molecule has 6 nitrogen and oxygen atoms in total. The molecule has 1 atom stereocenters. The third-order valence-electron chi connectivity index (χ3n) is 5.26. The molecule has 0 N–H and O–H groups in total. The van der Waals surface area contributed by atoms with Gasteiger partial charge in [-0.3, -0.25) is 14.7 Å². The third-order valence-corrected chi connectivity index (χ3v) is 5.26. The molecule has 2 aliphatic heterocycles. The molecule has 27 heavy (non-hydrogen) atoms. The smallest absolute Gasteiger partial charge is 0.253 e. The quantitative estimate of drug-likeness (QED) is 0.831. The van der Waals surface area contributed by atoms with E-state index in [1.807, 2.05) is 42.7 Å². The number of ether oxygens (including phenoxy) is 2. The van der Waals surface area contributed by atoms with Crippen LogP contribution in [0, 0.1) is 6.92 Å². The molecule has 2 fully saturated rings. The Kier molecular flexibility index (Phi) is 5.20. The average molecular weight is 367 g/mol. The number of carbonyl (C=O) groups is 1. The Labute approximate surface area is 159 Å². The van der Waals surface area contributed by atoms with Crippen molar-refractivity contribution in [2.45, 2.75) is 19.1 Å². The molecular formula is C21H25N3O3. The number of morpholine rings is 1. The van der Waals surface area contributed by atoms with Crippen LogP contribution >= 0.6 is 0 Å². The normalized spacial score (nSPS) is 24.2. The average Bonchev–Trinajstić information content (AvgIpc) is 2.84. The van der Waals surface area contributed by atoms with E-state index in [1.165, 1.54) is 11.1 Å². The van der Waals surface area contributed by atoms with Crippen LogP contribution in [-0.2, 0) is 20.8 Å². The minimum absolute atomic E-state index is 0.0243. The van der Waals surface area contributed by atoms with Crippen molar-refractivity contribution in [3.8, 4) is 0 Å². The number of aromatic nitrogens is 1. The topological polar surface area (TPSA) is 54.9 Å². The second-order valence-corrected chi connectivity index (χ2v) is 7.35. The van der Waals surface area contributed by atoms with Gasteiger partial charge in [0, 0.05) is 37.7 Å². The summed E-state index contributed by atoms with van der Waals surface area (Å²) in [7, 11) is 0. The lowest BCUT2D eigenvalue weighted by molar-refractivity contribution is -0.135. The Morgan fingerprint density at radius 2 is 2.04 bits per heavy atom. The Morgan fingerprint density at radius 3 is 2.85 bits per heavy atom. The number of rotatable bonds is 3. The Balaban J connectivity index is 1.54. The largest absolute Gasteiger partial charge is 0.368 e. The Morgan fingerprint density at radius 1 is 1.19 bits per heavy atom. The molecule has 0 radical (unpaired) electrons. The summed E-state index contributed by atoms with van der Waals surface area (Å²) in [6.45, 7) is 6.17. The van der Waals surface area contributed by atoms with Gasteiger partial charge in [-0.2, -0.15) is 0 Å². The monoisotopic (exact) mass is 367 g/mol. The first-order valence-electron chi connectivity index (χ1n) is 9.34. The summed E-state index contributed by atoms with van der Waals surface area (Å²) in [4.78, 5) is 20.9. The predicted molar refractivity (Wildman–Crippen MR) is 103 cm³/mol. The molecule has 1 aromatic heterocycles. The Bertz CT molecular complexity index is 798. The summed E-state index contributed by atoms with van der Waals surface area (Å²) in [6, 6.07) is 11.8. The number of anilines is 1. The molecule has 0 bridgehead atoms. The van der Waals surface area contributed by atoms with Crippen molar-refractivity contribution < 1.29 is 14.3 Å². The van der Waals surface area contributed by atoms with Gasteiger partial charge in [-0.25, -0.2) is 0 Å².